The van der Waals surface area contributed by atoms with E-state index in [0.29, 0.717) is 27.9 Å². The molecule has 3 rings (SSSR count). The lowest BCUT2D eigenvalue weighted by Gasteiger charge is -2.19. The third kappa shape index (κ3) is 4.17. The summed E-state index contributed by atoms with van der Waals surface area (Å²) in [5.74, 6) is -0.557. The van der Waals surface area contributed by atoms with Gasteiger partial charge in [0.25, 0.3) is 0 Å². The van der Waals surface area contributed by atoms with Crippen molar-refractivity contribution >= 4 is 45.6 Å². The maximum Gasteiger partial charge on any atom is 0.340 e. The number of hydrogen-bond acceptors (Lipinski definition) is 7. The summed E-state index contributed by atoms with van der Waals surface area (Å²) in [6.45, 7) is 5.56. The molecule has 1 amide bonds. The lowest BCUT2D eigenvalue weighted by Crippen LogP contribution is -2.48. The van der Waals surface area contributed by atoms with Gasteiger partial charge in [-0.1, -0.05) is 0 Å². The van der Waals surface area contributed by atoms with E-state index in [1.807, 2.05) is 26.2 Å². The van der Waals surface area contributed by atoms with Crippen LogP contribution in [0, 0.1) is 20.8 Å². The van der Waals surface area contributed by atoms with Crippen molar-refractivity contribution in [2.45, 2.75) is 39.7 Å². The second-order valence-electron chi connectivity index (χ2n) is 7.02. The molecule has 0 spiro atoms. The third-order valence-electron chi connectivity index (χ3n) is 5.15. The van der Waals surface area contributed by atoms with Crippen LogP contribution in [0.5, 0.6) is 0 Å². The molecule has 7 nitrogen and oxygen atoms in total. The van der Waals surface area contributed by atoms with Crippen LogP contribution in [-0.2, 0) is 16.0 Å². The summed E-state index contributed by atoms with van der Waals surface area (Å²) < 4.78 is 11.1. The maximum absolute atomic E-state index is 12.5. The van der Waals surface area contributed by atoms with Crippen LogP contribution in [0.2, 0.25) is 0 Å². The molecule has 3 aromatic rings. The third-order valence-corrected chi connectivity index (χ3v) is 5.79. The first-order chi connectivity index (χ1) is 13.7. The summed E-state index contributed by atoms with van der Waals surface area (Å²) >= 11 is 1.47. The van der Waals surface area contributed by atoms with Gasteiger partial charge in [-0.05, 0) is 56.4 Å². The molecule has 0 bridgehead atoms. The van der Waals surface area contributed by atoms with Gasteiger partial charge in [0.2, 0.25) is 5.91 Å². The summed E-state index contributed by atoms with van der Waals surface area (Å²) in [5.41, 5.74) is 2.21. The summed E-state index contributed by atoms with van der Waals surface area (Å²) in [4.78, 5) is 36.1. The van der Waals surface area contributed by atoms with Crippen LogP contribution in [0.3, 0.4) is 0 Å². The first kappa shape index (κ1) is 21.0. The average Bonchev–Trinajstić information content (AvgIpc) is 2.94. The van der Waals surface area contributed by atoms with Gasteiger partial charge < -0.3 is 24.1 Å². The van der Waals surface area contributed by atoms with Gasteiger partial charge in [0.05, 0.1) is 24.0 Å². The molecule has 0 saturated heterocycles. The largest absolute Gasteiger partial charge is 0.548 e. The zero-order valence-electron chi connectivity index (χ0n) is 16.7. The Balaban J connectivity index is 1.95. The highest BCUT2D eigenvalue weighted by Gasteiger charge is 2.19. The number of carboxylic acid groups (broad SMARTS) is 1. The Morgan fingerprint density at radius 1 is 1.10 bits per heavy atom. The van der Waals surface area contributed by atoms with Gasteiger partial charge in [0.1, 0.15) is 16.9 Å². The van der Waals surface area contributed by atoms with Crippen LogP contribution in [0.25, 0.3) is 21.9 Å². The van der Waals surface area contributed by atoms with E-state index in [1.165, 1.54) is 11.8 Å². The Morgan fingerprint density at radius 2 is 1.76 bits per heavy atom. The zero-order chi connectivity index (χ0) is 21.3. The van der Waals surface area contributed by atoms with E-state index < -0.39 is 23.5 Å². The number of carboxylic acids is 1. The fourth-order valence-corrected chi connectivity index (χ4v) is 3.79. The highest BCUT2D eigenvalue weighted by atomic mass is 32.2. The predicted octanol–water partition coefficient (Wildman–Crippen LogP) is 1.99. The summed E-state index contributed by atoms with van der Waals surface area (Å²) in [7, 11) is 0. The molecule has 2 heterocycles. The van der Waals surface area contributed by atoms with E-state index in [9.17, 15) is 19.5 Å². The summed E-state index contributed by atoms with van der Waals surface area (Å²) in [6, 6.07) is 2.47. The molecule has 2 aromatic heterocycles. The number of nitrogens with one attached hydrogen (secondary N) is 1. The van der Waals surface area contributed by atoms with E-state index in [1.54, 1.807) is 13.0 Å². The van der Waals surface area contributed by atoms with Crippen LogP contribution in [0.15, 0.2) is 25.8 Å². The molecular formula is C21H22NO6S-. The van der Waals surface area contributed by atoms with E-state index in [0.717, 1.165) is 16.7 Å². The van der Waals surface area contributed by atoms with Crippen LogP contribution in [-0.4, -0.2) is 29.9 Å². The minimum Gasteiger partial charge on any atom is -0.548 e. The van der Waals surface area contributed by atoms with Crippen molar-refractivity contribution in [3.8, 4) is 0 Å². The molecule has 0 aliphatic rings. The van der Waals surface area contributed by atoms with Crippen LogP contribution in [0.4, 0.5) is 0 Å². The van der Waals surface area contributed by atoms with Crippen molar-refractivity contribution < 1.29 is 23.5 Å². The fraction of sp³-hybridized carbons (Fsp3) is 0.381. The summed E-state index contributed by atoms with van der Waals surface area (Å²) in [6.07, 6.45) is 1.82. The van der Waals surface area contributed by atoms with Crippen LogP contribution < -0.4 is 16.0 Å². The monoisotopic (exact) mass is 416 g/mol. The number of carbonyl (C=O) groups excluding carboxylic acids is 2. The number of fused-ring (bicyclic) bond motifs is 2. The van der Waals surface area contributed by atoms with Crippen molar-refractivity contribution in [3.05, 3.63) is 45.0 Å². The normalized spacial score (nSPS) is 12.4. The predicted molar refractivity (Wildman–Crippen MR) is 110 cm³/mol. The lowest BCUT2D eigenvalue weighted by atomic mass is 10.0. The molecule has 0 radical (unpaired) electrons. The minimum absolute atomic E-state index is 0.203. The molecule has 1 atom stereocenters. The van der Waals surface area contributed by atoms with E-state index in [2.05, 4.69) is 5.32 Å². The Labute approximate surface area is 171 Å². The van der Waals surface area contributed by atoms with Crippen molar-refractivity contribution in [2.24, 2.45) is 0 Å². The highest BCUT2D eigenvalue weighted by molar-refractivity contribution is 7.98. The van der Waals surface area contributed by atoms with E-state index in [-0.39, 0.29) is 18.4 Å². The zero-order valence-corrected chi connectivity index (χ0v) is 17.5. The van der Waals surface area contributed by atoms with Crippen LogP contribution >= 0.6 is 11.8 Å². The Morgan fingerprint density at radius 3 is 2.41 bits per heavy atom. The number of rotatable bonds is 7. The Kier molecular flexibility index (Phi) is 6.02. The Hall–Kier alpha value is -2.74. The molecule has 8 heteroatoms. The van der Waals surface area contributed by atoms with Gasteiger partial charge in [-0.2, -0.15) is 11.8 Å². The number of thioether (sulfide) groups is 1. The molecule has 0 saturated carbocycles. The van der Waals surface area contributed by atoms with Gasteiger partial charge in [0.15, 0.2) is 0 Å². The molecule has 29 heavy (non-hydrogen) atoms. The topological polar surface area (TPSA) is 113 Å². The number of aliphatic carboxylic acids is 1. The van der Waals surface area contributed by atoms with Crippen LogP contribution in [0.1, 0.15) is 28.9 Å². The number of aryl methyl sites for hydroxylation is 3. The van der Waals surface area contributed by atoms with E-state index >= 15 is 0 Å². The molecule has 0 unspecified atom stereocenters. The SMILES string of the molecule is CSCC[C@H](NC(=O)Cc1c(C)c2cc3c(C)c(C)oc3cc2oc1=O)C(=O)[O-]. The first-order valence-electron chi connectivity index (χ1n) is 9.18. The van der Waals surface area contributed by atoms with Gasteiger partial charge in [-0.3, -0.25) is 4.79 Å². The van der Waals surface area contributed by atoms with Gasteiger partial charge in [-0.25, -0.2) is 4.79 Å². The lowest BCUT2D eigenvalue weighted by molar-refractivity contribution is -0.308. The van der Waals surface area contributed by atoms with Gasteiger partial charge in [0, 0.05) is 16.8 Å². The van der Waals surface area contributed by atoms with Crippen molar-refractivity contribution in [1.29, 1.82) is 0 Å². The fourth-order valence-electron chi connectivity index (χ4n) is 3.32. The number of benzene rings is 1. The maximum atomic E-state index is 12.5. The highest BCUT2D eigenvalue weighted by Crippen LogP contribution is 2.30. The quantitative estimate of drug-likeness (QED) is 0.586. The number of hydrogen-bond donors (Lipinski definition) is 1. The van der Waals surface area contributed by atoms with Gasteiger partial charge in [-0.15, -0.1) is 0 Å². The van der Waals surface area contributed by atoms with Crippen molar-refractivity contribution in [3.63, 3.8) is 0 Å². The second kappa shape index (κ2) is 8.32. The molecule has 154 valence electrons. The second-order valence-corrected chi connectivity index (χ2v) is 8.00. The molecular weight excluding hydrogens is 394 g/mol. The number of carbonyl (C=O) groups is 2. The van der Waals surface area contributed by atoms with Crippen molar-refractivity contribution in [2.75, 3.05) is 12.0 Å². The van der Waals surface area contributed by atoms with Crippen molar-refractivity contribution in [1.82, 2.24) is 5.32 Å². The molecule has 1 N–H and O–H groups in total. The summed E-state index contributed by atoms with van der Waals surface area (Å²) in [5, 5.41) is 15.3. The average molecular weight is 416 g/mol. The smallest absolute Gasteiger partial charge is 0.340 e. The molecule has 0 aliphatic heterocycles. The molecule has 0 aliphatic carbocycles. The van der Waals surface area contributed by atoms with Gasteiger partial charge >= 0.3 is 5.63 Å². The minimum atomic E-state index is -1.34. The number of furan rings is 1. The number of amides is 1. The standard InChI is InChI=1S/C21H23NO6S/c1-10-12(3)27-17-9-18-14(7-13(10)17)11(2)15(21(26)28-18)8-19(23)22-16(20(24)25)5-6-29-4/h7,9,16H,5-6,8H2,1-4H3,(H,22,23)(H,24,25)/p-1/t16-/m0/s1. The molecule has 1 aromatic carbocycles. The van der Waals surface area contributed by atoms with E-state index in [4.69, 9.17) is 8.83 Å². The molecule has 0 fully saturated rings. The Bertz CT molecular complexity index is 1160. The first-order valence-corrected chi connectivity index (χ1v) is 10.6.